The molecule has 0 atom stereocenters. The van der Waals surface area contributed by atoms with Crippen molar-refractivity contribution in [1.82, 2.24) is 30.1 Å². The molecule has 0 fully saturated rings. The van der Waals surface area contributed by atoms with E-state index in [1.54, 1.807) is 22.7 Å². The van der Waals surface area contributed by atoms with Crippen LogP contribution in [0.25, 0.3) is 17.1 Å². The van der Waals surface area contributed by atoms with Crippen LogP contribution in [0.1, 0.15) is 37.0 Å². The zero-order valence-corrected chi connectivity index (χ0v) is 16.7. The molecule has 29 heavy (non-hydrogen) atoms. The number of amides is 1. The van der Waals surface area contributed by atoms with Crippen molar-refractivity contribution in [3.8, 4) is 11.5 Å². The maximum atomic E-state index is 12.3. The molecule has 3 heterocycles. The first kappa shape index (κ1) is 19.1. The third-order valence-electron chi connectivity index (χ3n) is 4.38. The van der Waals surface area contributed by atoms with Crippen molar-refractivity contribution < 1.29 is 9.32 Å². The Morgan fingerprint density at radius 1 is 1.24 bits per heavy atom. The van der Waals surface area contributed by atoms with Gasteiger partial charge in [-0.05, 0) is 29.8 Å². The van der Waals surface area contributed by atoms with E-state index in [9.17, 15) is 4.79 Å². The molecular formula is C20H19ClN6O2. The topological polar surface area (TPSA) is 98.2 Å². The molecule has 0 spiro atoms. The van der Waals surface area contributed by atoms with Crippen molar-refractivity contribution in [1.29, 1.82) is 0 Å². The van der Waals surface area contributed by atoms with Gasteiger partial charge in [0.2, 0.25) is 5.91 Å². The van der Waals surface area contributed by atoms with Crippen molar-refractivity contribution in [2.45, 2.75) is 32.7 Å². The van der Waals surface area contributed by atoms with Gasteiger partial charge < -0.3 is 9.84 Å². The molecule has 0 bridgehead atoms. The Labute approximate surface area is 171 Å². The first-order chi connectivity index (χ1) is 14.0. The summed E-state index contributed by atoms with van der Waals surface area (Å²) in [7, 11) is 0. The Bertz CT molecular complexity index is 1170. The molecule has 0 saturated heterocycles. The van der Waals surface area contributed by atoms with Crippen LogP contribution < -0.4 is 5.32 Å². The van der Waals surface area contributed by atoms with E-state index in [1.165, 1.54) is 0 Å². The summed E-state index contributed by atoms with van der Waals surface area (Å²) in [5, 5.41) is 15.8. The van der Waals surface area contributed by atoms with E-state index < -0.39 is 0 Å². The van der Waals surface area contributed by atoms with Crippen LogP contribution in [-0.2, 0) is 17.8 Å². The lowest BCUT2D eigenvalue weighted by Gasteiger charge is -2.05. The molecule has 148 valence electrons. The Hall–Kier alpha value is -3.26. The number of nitrogens with one attached hydrogen (secondary N) is 1. The first-order valence-corrected chi connectivity index (χ1v) is 9.56. The van der Waals surface area contributed by atoms with Crippen molar-refractivity contribution in [3.63, 3.8) is 0 Å². The highest BCUT2D eigenvalue weighted by Gasteiger charge is 2.15. The van der Waals surface area contributed by atoms with Gasteiger partial charge in [-0.1, -0.05) is 42.7 Å². The van der Waals surface area contributed by atoms with Gasteiger partial charge in [0.25, 0.3) is 5.89 Å². The zero-order chi connectivity index (χ0) is 20.4. The highest BCUT2D eigenvalue weighted by Crippen LogP contribution is 2.21. The number of aromatic nitrogens is 5. The zero-order valence-electron chi connectivity index (χ0n) is 16.0. The van der Waals surface area contributed by atoms with E-state index in [0.717, 1.165) is 11.1 Å². The minimum atomic E-state index is -0.151. The molecule has 1 amide bonds. The minimum Gasteiger partial charge on any atom is -0.352 e. The number of hydrogen-bond acceptors (Lipinski definition) is 6. The smallest absolute Gasteiger partial charge is 0.258 e. The summed E-state index contributed by atoms with van der Waals surface area (Å²) in [6.07, 6.45) is 1.91. The van der Waals surface area contributed by atoms with Crippen molar-refractivity contribution in [2.24, 2.45) is 0 Å². The van der Waals surface area contributed by atoms with Gasteiger partial charge in [0, 0.05) is 29.2 Å². The lowest BCUT2D eigenvalue weighted by atomic mass is 10.2. The largest absolute Gasteiger partial charge is 0.352 e. The first-order valence-electron chi connectivity index (χ1n) is 9.18. The van der Waals surface area contributed by atoms with Crippen LogP contribution in [0.4, 0.5) is 0 Å². The second kappa shape index (κ2) is 8.00. The summed E-state index contributed by atoms with van der Waals surface area (Å²) in [5.74, 6) is 1.66. The molecule has 0 aliphatic rings. The molecular weight excluding hydrogens is 392 g/mol. The third-order valence-corrected chi connectivity index (χ3v) is 4.62. The molecule has 0 aliphatic carbocycles. The predicted octanol–water partition coefficient (Wildman–Crippen LogP) is 3.42. The predicted molar refractivity (Wildman–Crippen MR) is 107 cm³/mol. The van der Waals surface area contributed by atoms with Crippen molar-refractivity contribution in [3.05, 3.63) is 64.8 Å². The Kier molecular flexibility index (Phi) is 5.26. The number of fused-ring (bicyclic) bond motifs is 1. The van der Waals surface area contributed by atoms with Gasteiger partial charge in [-0.15, -0.1) is 10.2 Å². The van der Waals surface area contributed by atoms with E-state index in [2.05, 4.69) is 25.7 Å². The number of carbonyl (C=O) groups excluding carboxylic acids is 1. The Morgan fingerprint density at radius 3 is 2.86 bits per heavy atom. The Morgan fingerprint density at radius 2 is 2.10 bits per heavy atom. The molecule has 0 aliphatic heterocycles. The summed E-state index contributed by atoms with van der Waals surface area (Å²) < 4.78 is 7.09. The molecule has 0 unspecified atom stereocenters. The number of hydrogen-bond donors (Lipinski definition) is 1. The van der Waals surface area contributed by atoms with Gasteiger partial charge in [0.05, 0.1) is 6.42 Å². The maximum Gasteiger partial charge on any atom is 0.258 e. The van der Waals surface area contributed by atoms with Gasteiger partial charge in [-0.3, -0.25) is 9.20 Å². The molecule has 3 aromatic heterocycles. The minimum absolute atomic E-state index is 0.110. The van der Waals surface area contributed by atoms with Crippen LogP contribution in [0.3, 0.4) is 0 Å². The van der Waals surface area contributed by atoms with Crippen LogP contribution in [0, 0.1) is 0 Å². The molecule has 0 radical (unpaired) electrons. The van der Waals surface area contributed by atoms with Gasteiger partial charge in [0.1, 0.15) is 5.82 Å². The fourth-order valence-corrected chi connectivity index (χ4v) is 3.05. The summed E-state index contributed by atoms with van der Waals surface area (Å²) >= 11 is 5.96. The lowest BCUT2D eigenvalue weighted by Crippen LogP contribution is -2.25. The van der Waals surface area contributed by atoms with E-state index in [4.69, 9.17) is 16.1 Å². The normalized spacial score (nSPS) is 11.3. The number of carbonyl (C=O) groups is 1. The standard InChI is InChI=1S/C20H19ClN6O2/c1-12(2)19-23-20(29-26-19)14-6-7-27-16(9-14)24-25-17(27)10-18(28)22-11-13-4-3-5-15(21)8-13/h3-9,12H,10-11H2,1-2H3,(H,22,28). The van der Waals surface area contributed by atoms with Gasteiger partial charge in [-0.2, -0.15) is 4.98 Å². The average molecular weight is 411 g/mol. The molecule has 9 heteroatoms. The summed E-state index contributed by atoms with van der Waals surface area (Å²) in [6, 6.07) is 11.0. The van der Waals surface area contributed by atoms with E-state index in [-0.39, 0.29) is 18.2 Å². The number of rotatable bonds is 6. The monoisotopic (exact) mass is 410 g/mol. The molecule has 1 N–H and O–H groups in total. The summed E-state index contributed by atoms with van der Waals surface area (Å²) in [4.78, 5) is 16.7. The fraction of sp³-hybridized carbons (Fsp3) is 0.250. The molecule has 4 aromatic rings. The van der Waals surface area contributed by atoms with Crippen LogP contribution in [-0.4, -0.2) is 30.6 Å². The molecule has 8 nitrogen and oxygen atoms in total. The quantitative estimate of drug-likeness (QED) is 0.523. The summed E-state index contributed by atoms with van der Waals surface area (Å²) in [6.45, 7) is 4.40. The molecule has 1 aromatic carbocycles. The van der Waals surface area contributed by atoms with Crippen molar-refractivity contribution in [2.75, 3.05) is 0 Å². The molecule has 0 saturated carbocycles. The van der Waals surface area contributed by atoms with Crippen LogP contribution in [0.5, 0.6) is 0 Å². The van der Waals surface area contributed by atoms with E-state index >= 15 is 0 Å². The van der Waals surface area contributed by atoms with E-state index in [1.807, 2.05) is 38.1 Å². The average Bonchev–Trinajstić information content (AvgIpc) is 3.34. The highest BCUT2D eigenvalue weighted by atomic mass is 35.5. The summed E-state index contributed by atoms with van der Waals surface area (Å²) in [5.41, 5.74) is 2.28. The highest BCUT2D eigenvalue weighted by molar-refractivity contribution is 6.30. The van der Waals surface area contributed by atoms with Crippen LogP contribution in [0.2, 0.25) is 5.02 Å². The lowest BCUT2D eigenvalue weighted by molar-refractivity contribution is -0.120. The number of halogens is 1. The van der Waals surface area contributed by atoms with Gasteiger partial charge in [0.15, 0.2) is 11.5 Å². The number of benzene rings is 1. The third kappa shape index (κ3) is 4.27. The van der Waals surface area contributed by atoms with Crippen molar-refractivity contribution >= 4 is 23.2 Å². The van der Waals surface area contributed by atoms with Crippen LogP contribution in [0.15, 0.2) is 47.1 Å². The van der Waals surface area contributed by atoms with Gasteiger partial charge in [-0.25, -0.2) is 0 Å². The number of nitrogens with zero attached hydrogens (tertiary/aromatic N) is 5. The fourth-order valence-electron chi connectivity index (χ4n) is 2.83. The Balaban J connectivity index is 1.46. The maximum absolute atomic E-state index is 12.3. The second-order valence-electron chi connectivity index (χ2n) is 6.96. The second-order valence-corrected chi connectivity index (χ2v) is 7.39. The van der Waals surface area contributed by atoms with E-state index in [0.29, 0.717) is 34.8 Å². The van der Waals surface area contributed by atoms with Gasteiger partial charge >= 0.3 is 0 Å². The SMILES string of the molecule is CC(C)c1noc(-c2ccn3c(CC(=O)NCc4cccc(Cl)c4)nnc3c2)n1. The molecule has 4 rings (SSSR count). The number of pyridine rings is 1. The van der Waals surface area contributed by atoms with Crippen LogP contribution >= 0.6 is 11.6 Å².